The van der Waals surface area contributed by atoms with Crippen LogP contribution in [0.3, 0.4) is 0 Å². The van der Waals surface area contributed by atoms with Gasteiger partial charge in [-0.3, -0.25) is 4.79 Å². The predicted octanol–water partition coefficient (Wildman–Crippen LogP) is 1.34. The van der Waals surface area contributed by atoms with Crippen LogP contribution in [0.5, 0.6) is 0 Å². The molecule has 1 aromatic heterocycles. The van der Waals surface area contributed by atoms with Crippen molar-refractivity contribution in [3.05, 3.63) is 23.9 Å². The molecule has 2 N–H and O–H groups in total. The summed E-state index contributed by atoms with van der Waals surface area (Å²) in [5, 5.41) is 6.30. The van der Waals surface area contributed by atoms with Crippen LogP contribution in [0.25, 0.3) is 0 Å². The number of hydrogen-bond acceptors (Lipinski definition) is 4. The smallest absolute Gasteiger partial charge is 0.253 e. The number of carbonyl (C=O) groups excluding carboxylic acids is 1. The molecule has 108 valence electrons. The molecular formula is C15H22N4O. The Bertz CT molecular complexity index is 465. The van der Waals surface area contributed by atoms with Crippen LogP contribution in [0.4, 0.5) is 5.82 Å². The first-order valence-corrected chi connectivity index (χ1v) is 7.49. The average Bonchev–Trinajstić information content (AvgIpc) is 2.49. The maximum absolute atomic E-state index is 12.3. The Morgan fingerprint density at radius 1 is 1.40 bits per heavy atom. The molecule has 3 aliphatic rings. The summed E-state index contributed by atoms with van der Waals surface area (Å²) in [6.45, 7) is 6.24. The molecule has 20 heavy (non-hydrogen) atoms. The van der Waals surface area contributed by atoms with Crippen molar-refractivity contribution in [1.82, 2.24) is 15.2 Å². The number of amides is 1. The lowest BCUT2D eigenvalue weighted by Gasteiger charge is -2.44. The molecule has 5 nitrogen and oxygen atoms in total. The summed E-state index contributed by atoms with van der Waals surface area (Å²) in [6, 6.07) is 4.00. The summed E-state index contributed by atoms with van der Waals surface area (Å²) >= 11 is 0. The molecule has 4 rings (SSSR count). The first kappa shape index (κ1) is 13.4. The molecular weight excluding hydrogens is 252 g/mol. The van der Waals surface area contributed by atoms with Crippen LogP contribution in [0.2, 0.25) is 0 Å². The third-order valence-corrected chi connectivity index (χ3v) is 4.36. The zero-order valence-corrected chi connectivity index (χ0v) is 11.9. The van der Waals surface area contributed by atoms with Crippen LogP contribution in [0.15, 0.2) is 18.3 Å². The van der Waals surface area contributed by atoms with Crippen molar-refractivity contribution in [2.45, 2.75) is 25.8 Å². The van der Waals surface area contributed by atoms with Gasteiger partial charge in [0.15, 0.2) is 0 Å². The van der Waals surface area contributed by atoms with E-state index in [9.17, 15) is 4.79 Å². The van der Waals surface area contributed by atoms with Gasteiger partial charge in [-0.25, -0.2) is 4.98 Å². The van der Waals surface area contributed by atoms with Gasteiger partial charge in [-0.05, 0) is 50.9 Å². The van der Waals surface area contributed by atoms with E-state index in [0.717, 1.165) is 18.9 Å². The van der Waals surface area contributed by atoms with E-state index in [1.165, 1.54) is 25.9 Å². The molecule has 5 heteroatoms. The topological polar surface area (TPSA) is 57.3 Å². The van der Waals surface area contributed by atoms with Gasteiger partial charge in [0.1, 0.15) is 5.82 Å². The fourth-order valence-electron chi connectivity index (χ4n) is 3.19. The molecule has 0 aliphatic carbocycles. The second-order valence-corrected chi connectivity index (χ2v) is 5.68. The van der Waals surface area contributed by atoms with E-state index >= 15 is 0 Å². The minimum atomic E-state index is -0.000650. The standard InChI is InChI=1S/C15H22N4O/c1-2-16-14-4-3-12(9-17-14)15(20)18-13-10-19-7-5-11(13)6-8-19/h3-4,9,11,13H,2,5-8,10H2,1H3,(H,16,17)(H,18,20). The lowest BCUT2D eigenvalue weighted by Crippen LogP contribution is -2.57. The van der Waals surface area contributed by atoms with Crippen LogP contribution in [-0.2, 0) is 0 Å². The first-order chi connectivity index (χ1) is 9.76. The second kappa shape index (κ2) is 5.79. The minimum Gasteiger partial charge on any atom is -0.370 e. The Morgan fingerprint density at radius 2 is 2.20 bits per heavy atom. The zero-order chi connectivity index (χ0) is 13.9. The maximum atomic E-state index is 12.3. The lowest BCUT2D eigenvalue weighted by molar-refractivity contribution is 0.0620. The van der Waals surface area contributed by atoms with Crippen LogP contribution >= 0.6 is 0 Å². The molecule has 1 unspecified atom stereocenters. The Labute approximate surface area is 119 Å². The molecule has 0 radical (unpaired) electrons. The number of fused-ring (bicyclic) bond motifs is 3. The molecule has 0 spiro atoms. The SMILES string of the molecule is CCNc1ccc(C(=O)NC2CN3CCC2CC3)cn1. The average molecular weight is 274 g/mol. The largest absolute Gasteiger partial charge is 0.370 e. The van der Waals surface area contributed by atoms with Crippen molar-refractivity contribution in [2.75, 3.05) is 31.5 Å². The summed E-state index contributed by atoms with van der Waals surface area (Å²) in [7, 11) is 0. The van der Waals surface area contributed by atoms with Crippen molar-refractivity contribution in [3.8, 4) is 0 Å². The maximum Gasteiger partial charge on any atom is 0.253 e. The number of aromatic nitrogens is 1. The van der Waals surface area contributed by atoms with Crippen molar-refractivity contribution in [2.24, 2.45) is 5.92 Å². The van der Waals surface area contributed by atoms with Crippen molar-refractivity contribution in [3.63, 3.8) is 0 Å². The van der Waals surface area contributed by atoms with E-state index in [4.69, 9.17) is 0 Å². The number of anilines is 1. The van der Waals surface area contributed by atoms with E-state index in [2.05, 4.69) is 20.5 Å². The van der Waals surface area contributed by atoms with Gasteiger partial charge in [0.25, 0.3) is 5.91 Å². The first-order valence-electron chi connectivity index (χ1n) is 7.49. The van der Waals surface area contributed by atoms with Gasteiger partial charge < -0.3 is 15.5 Å². The van der Waals surface area contributed by atoms with Crippen molar-refractivity contribution < 1.29 is 4.79 Å². The quantitative estimate of drug-likeness (QED) is 0.870. The predicted molar refractivity (Wildman–Crippen MR) is 78.8 cm³/mol. The lowest BCUT2D eigenvalue weighted by atomic mass is 9.84. The highest BCUT2D eigenvalue weighted by atomic mass is 16.1. The number of nitrogens with zero attached hydrogens (tertiary/aromatic N) is 2. The fraction of sp³-hybridized carbons (Fsp3) is 0.600. The molecule has 1 aromatic rings. The summed E-state index contributed by atoms with van der Waals surface area (Å²) in [6.07, 6.45) is 4.07. The normalized spacial score (nSPS) is 28.1. The van der Waals surface area contributed by atoms with Gasteiger partial charge >= 0.3 is 0 Å². The van der Waals surface area contributed by atoms with Gasteiger partial charge in [0.2, 0.25) is 0 Å². The third kappa shape index (κ3) is 2.77. The number of nitrogens with one attached hydrogen (secondary N) is 2. The van der Waals surface area contributed by atoms with Crippen LogP contribution in [-0.4, -0.2) is 48.0 Å². The highest BCUT2D eigenvalue weighted by molar-refractivity contribution is 5.94. The minimum absolute atomic E-state index is 0.000650. The zero-order valence-electron chi connectivity index (χ0n) is 11.9. The second-order valence-electron chi connectivity index (χ2n) is 5.68. The van der Waals surface area contributed by atoms with Crippen molar-refractivity contribution in [1.29, 1.82) is 0 Å². The molecule has 4 heterocycles. The summed E-state index contributed by atoms with van der Waals surface area (Å²) in [5.74, 6) is 1.46. The molecule has 2 bridgehead atoms. The van der Waals surface area contributed by atoms with Crippen LogP contribution < -0.4 is 10.6 Å². The van der Waals surface area contributed by atoms with E-state index in [1.54, 1.807) is 6.20 Å². The summed E-state index contributed by atoms with van der Waals surface area (Å²) in [5.41, 5.74) is 0.642. The van der Waals surface area contributed by atoms with Crippen LogP contribution in [0, 0.1) is 5.92 Å². The highest BCUT2D eigenvalue weighted by Gasteiger charge is 2.34. The van der Waals surface area contributed by atoms with Gasteiger partial charge in [-0.1, -0.05) is 0 Å². The number of carbonyl (C=O) groups is 1. The molecule has 3 aliphatic heterocycles. The summed E-state index contributed by atoms with van der Waals surface area (Å²) in [4.78, 5) is 19.0. The van der Waals surface area contributed by atoms with E-state index in [0.29, 0.717) is 17.5 Å². The Kier molecular flexibility index (Phi) is 3.87. The Hall–Kier alpha value is -1.62. The van der Waals surface area contributed by atoms with E-state index in [-0.39, 0.29) is 5.91 Å². The Morgan fingerprint density at radius 3 is 2.75 bits per heavy atom. The molecule has 0 aromatic carbocycles. The van der Waals surface area contributed by atoms with Gasteiger partial charge in [0, 0.05) is 25.3 Å². The molecule has 1 amide bonds. The van der Waals surface area contributed by atoms with E-state index < -0.39 is 0 Å². The van der Waals surface area contributed by atoms with Crippen molar-refractivity contribution >= 4 is 11.7 Å². The van der Waals surface area contributed by atoms with Gasteiger partial charge in [-0.15, -0.1) is 0 Å². The summed E-state index contributed by atoms with van der Waals surface area (Å²) < 4.78 is 0. The van der Waals surface area contributed by atoms with Gasteiger partial charge in [0.05, 0.1) is 5.56 Å². The third-order valence-electron chi connectivity index (χ3n) is 4.36. The number of rotatable bonds is 4. The molecule has 3 saturated heterocycles. The van der Waals surface area contributed by atoms with Gasteiger partial charge in [-0.2, -0.15) is 0 Å². The van der Waals surface area contributed by atoms with E-state index in [1.807, 2.05) is 19.1 Å². The number of piperidine rings is 3. The number of hydrogen-bond donors (Lipinski definition) is 2. The molecule has 3 fully saturated rings. The highest BCUT2D eigenvalue weighted by Crippen LogP contribution is 2.27. The fourth-order valence-corrected chi connectivity index (χ4v) is 3.19. The van der Waals surface area contributed by atoms with Crippen LogP contribution in [0.1, 0.15) is 30.1 Å². The number of pyridine rings is 1. The Balaban J connectivity index is 1.61. The molecule has 0 saturated carbocycles. The monoisotopic (exact) mass is 274 g/mol. The molecule has 1 atom stereocenters.